The molecule has 0 saturated carbocycles. The molecule has 4 nitrogen and oxygen atoms in total. The summed E-state index contributed by atoms with van der Waals surface area (Å²) in [6, 6.07) is -0.748. The predicted octanol–water partition coefficient (Wildman–Crippen LogP) is 2.14. The van der Waals surface area contributed by atoms with Crippen LogP contribution in [0.15, 0.2) is 0 Å². The van der Waals surface area contributed by atoms with Gasteiger partial charge in [-0.15, -0.1) is 0 Å². The molecule has 0 bridgehead atoms. The zero-order valence-corrected chi connectivity index (χ0v) is 14.3. The SMILES string of the molecule is CSCCCN1C(=O)C(C(C)C)NC(=O)C1C(C)(C)C. The van der Waals surface area contributed by atoms with Gasteiger partial charge in [0.1, 0.15) is 12.1 Å². The van der Waals surface area contributed by atoms with Gasteiger partial charge in [0.15, 0.2) is 0 Å². The highest BCUT2D eigenvalue weighted by molar-refractivity contribution is 7.98. The predicted molar refractivity (Wildman–Crippen MR) is 84.7 cm³/mol. The minimum absolute atomic E-state index is 0.0139. The summed E-state index contributed by atoms with van der Waals surface area (Å²) in [5, 5.41) is 2.91. The van der Waals surface area contributed by atoms with E-state index in [0.29, 0.717) is 6.54 Å². The van der Waals surface area contributed by atoms with Crippen LogP contribution in [0.5, 0.6) is 0 Å². The van der Waals surface area contributed by atoms with Crippen LogP contribution < -0.4 is 5.32 Å². The number of nitrogens with zero attached hydrogens (tertiary/aromatic N) is 1. The Hall–Kier alpha value is -0.710. The second kappa shape index (κ2) is 6.83. The molecule has 1 rings (SSSR count). The second-order valence-corrected chi connectivity index (χ2v) is 7.86. The van der Waals surface area contributed by atoms with Gasteiger partial charge >= 0.3 is 0 Å². The molecule has 0 aliphatic carbocycles. The van der Waals surface area contributed by atoms with E-state index in [4.69, 9.17) is 0 Å². The molecule has 2 amide bonds. The molecule has 1 fully saturated rings. The third-order valence-electron chi connectivity index (χ3n) is 3.64. The number of piperazine rings is 1. The molecule has 1 heterocycles. The van der Waals surface area contributed by atoms with Crippen LogP contribution in [-0.4, -0.2) is 47.4 Å². The number of thioether (sulfide) groups is 1. The highest BCUT2D eigenvalue weighted by Gasteiger charge is 2.46. The number of hydrogen-bond acceptors (Lipinski definition) is 3. The van der Waals surface area contributed by atoms with Crippen molar-refractivity contribution >= 4 is 23.6 Å². The van der Waals surface area contributed by atoms with E-state index in [1.807, 2.05) is 34.6 Å². The van der Waals surface area contributed by atoms with Gasteiger partial charge in [0.2, 0.25) is 11.8 Å². The summed E-state index contributed by atoms with van der Waals surface area (Å²) >= 11 is 1.77. The highest BCUT2D eigenvalue weighted by Crippen LogP contribution is 2.29. The molecule has 2 atom stereocenters. The van der Waals surface area contributed by atoms with Crippen LogP contribution >= 0.6 is 11.8 Å². The lowest BCUT2D eigenvalue weighted by atomic mass is 9.82. The Morgan fingerprint density at radius 3 is 2.35 bits per heavy atom. The average molecular weight is 300 g/mol. The normalized spacial score (nSPS) is 24.2. The molecule has 20 heavy (non-hydrogen) atoms. The minimum Gasteiger partial charge on any atom is -0.342 e. The Bertz CT molecular complexity index is 363. The van der Waals surface area contributed by atoms with Crippen molar-refractivity contribution in [2.45, 2.75) is 53.1 Å². The van der Waals surface area contributed by atoms with E-state index in [2.05, 4.69) is 11.6 Å². The van der Waals surface area contributed by atoms with Gasteiger partial charge in [-0.1, -0.05) is 34.6 Å². The van der Waals surface area contributed by atoms with Crippen molar-refractivity contribution in [3.05, 3.63) is 0 Å². The molecule has 0 aromatic heterocycles. The zero-order valence-electron chi connectivity index (χ0n) is 13.5. The Labute approximate surface area is 127 Å². The average Bonchev–Trinajstić information content (AvgIpc) is 2.31. The summed E-state index contributed by atoms with van der Waals surface area (Å²) in [7, 11) is 0. The summed E-state index contributed by atoms with van der Waals surface area (Å²) in [6.07, 6.45) is 2.99. The Balaban J connectivity index is 2.97. The second-order valence-electron chi connectivity index (χ2n) is 6.88. The molecule has 0 spiro atoms. The van der Waals surface area contributed by atoms with Crippen molar-refractivity contribution in [3.8, 4) is 0 Å². The first-order valence-corrected chi connectivity index (χ1v) is 8.69. The fourth-order valence-corrected chi connectivity index (χ4v) is 3.09. The fraction of sp³-hybridized carbons (Fsp3) is 0.867. The highest BCUT2D eigenvalue weighted by atomic mass is 32.2. The lowest BCUT2D eigenvalue weighted by molar-refractivity contribution is -0.155. The molecule has 0 aromatic rings. The van der Waals surface area contributed by atoms with Crippen LogP contribution in [0.4, 0.5) is 0 Å². The maximum Gasteiger partial charge on any atom is 0.246 e. The van der Waals surface area contributed by atoms with Crippen LogP contribution in [0, 0.1) is 11.3 Å². The van der Waals surface area contributed by atoms with Crippen molar-refractivity contribution in [1.82, 2.24) is 10.2 Å². The summed E-state index contributed by atoms with van der Waals surface area (Å²) in [4.78, 5) is 26.9. The van der Waals surface area contributed by atoms with E-state index in [-0.39, 0.29) is 35.2 Å². The zero-order chi connectivity index (χ0) is 15.5. The maximum atomic E-state index is 12.7. The molecular weight excluding hydrogens is 272 g/mol. The van der Waals surface area contributed by atoms with Gasteiger partial charge in [-0.3, -0.25) is 9.59 Å². The standard InChI is InChI=1S/C15H28N2O2S/c1-10(2)11-14(19)17(8-7-9-20-6)12(13(18)16-11)15(3,4)5/h10-12H,7-9H2,1-6H3,(H,16,18). The molecule has 1 aliphatic rings. The van der Waals surface area contributed by atoms with Crippen molar-refractivity contribution < 1.29 is 9.59 Å². The smallest absolute Gasteiger partial charge is 0.246 e. The van der Waals surface area contributed by atoms with Crippen LogP contribution in [-0.2, 0) is 9.59 Å². The van der Waals surface area contributed by atoms with Crippen molar-refractivity contribution in [3.63, 3.8) is 0 Å². The van der Waals surface area contributed by atoms with Crippen molar-refractivity contribution in [2.75, 3.05) is 18.6 Å². The maximum absolute atomic E-state index is 12.7. The lowest BCUT2D eigenvalue weighted by Gasteiger charge is -2.45. The van der Waals surface area contributed by atoms with E-state index < -0.39 is 0 Å². The molecule has 2 unspecified atom stereocenters. The van der Waals surface area contributed by atoms with E-state index in [1.54, 1.807) is 16.7 Å². The van der Waals surface area contributed by atoms with Gasteiger partial charge in [0.05, 0.1) is 0 Å². The molecule has 0 aromatic carbocycles. The van der Waals surface area contributed by atoms with Gasteiger partial charge < -0.3 is 10.2 Å². The minimum atomic E-state index is -0.379. The van der Waals surface area contributed by atoms with Gasteiger partial charge in [0.25, 0.3) is 0 Å². The summed E-state index contributed by atoms with van der Waals surface area (Å²) in [6.45, 7) is 10.7. The summed E-state index contributed by atoms with van der Waals surface area (Å²) in [5.74, 6) is 1.19. The van der Waals surface area contributed by atoms with E-state index in [1.165, 1.54) is 0 Å². The largest absolute Gasteiger partial charge is 0.342 e. The molecular formula is C15H28N2O2S. The summed E-state index contributed by atoms with van der Waals surface area (Å²) < 4.78 is 0. The number of rotatable bonds is 5. The van der Waals surface area contributed by atoms with E-state index in [9.17, 15) is 9.59 Å². The molecule has 1 saturated heterocycles. The quantitative estimate of drug-likeness (QED) is 0.791. The van der Waals surface area contributed by atoms with E-state index in [0.717, 1.165) is 12.2 Å². The Morgan fingerprint density at radius 1 is 1.30 bits per heavy atom. The number of carbonyl (C=O) groups is 2. The molecule has 0 radical (unpaired) electrons. The van der Waals surface area contributed by atoms with Gasteiger partial charge in [-0.05, 0) is 29.8 Å². The first-order valence-electron chi connectivity index (χ1n) is 7.30. The molecule has 1 N–H and O–H groups in total. The van der Waals surface area contributed by atoms with Crippen LogP contribution in [0.25, 0.3) is 0 Å². The number of hydrogen-bond donors (Lipinski definition) is 1. The molecule has 1 aliphatic heterocycles. The van der Waals surface area contributed by atoms with Crippen LogP contribution in [0.3, 0.4) is 0 Å². The fourth-order valence-electron chi connectivity index (χ4n) is 2.67. The first-order chi connectivity index (χ1) is 9.20. The molecule has 116 valence electrons. The summed E-state index contributed by atoms with van der Waals surface area (Å²) in [5.41, 5.74) is -0.249. The van der Waals surface area contributed by atoms with Crippen molar-refractivity contribution in [2.24, 2.45) is 11.3 Å². The van der Waals surface area contributed by atoms with Gasteiger partial charge in [-0.2, -0.15) is 11.8 Å². The third kappa shape index (κ3) is 3.90. The Morgan fingerprint density at radius 2 is 1.90 bits per heavy atom. The van der Waals surface area contributed by atoms with E-state index >= 15 is 0 Å². The van der Waals surface area contributed by atoms with Gasteiger partial charge in [0, 0.05) is 6.54 Å². The first kappa shape index (κ1) is 17.3. The Kier molecular flexibility index (Phi) is 5.92. The van der Waals surface area contributed by atoms with Crippen molar-refractivity contribution in [1.29, 1.82) is 0 Å². The number of nitrogens with one attached hydrogen (secondary N) is 1. The number of amides is 2. The van der Waals surface area contributed by atoms with Crippen LogP contribution in [0.2, 0.25) is 0 Å². The van der Waals surface area contributed by atoms with Crippen LogP contribution in [0.1, 0.15) is 41.0 Å². The monoisotopic (exact) mass is 300 g/mol. The lowest BCUT2D eigenvalue weighted by Crippen LogP contribution is -2.67. The topological polar surface area (TPSA) is 49.4 Å². The molecule has 5 heteroatoms. The van der Waals surface area contributed by atoms with Gasteiger partial charge in [-0.25, -0.2) is 0 Å². The number of carbonyl (C=O) groups excluding carboxylic acids is 2. The third-order valence-corrected chi connectivity index (χ3v) is 4.34.